The molecule has 0 saturated carbocycles. The summed E-state index contributed by atoms with van der Waals surface area (Å²) in [5, 5.41) is 8.10. The quantitative estimate of drug-likeness (QED) is 0.269. The first kappa shape index (κ1) is 20.4. The Labute approximate surface area is 206 Å². The Morgan fingerprint density at radius 2 is 1.17 bits per heavy atom. The molecule has 6 aromatic rings. The van der Waals surface area contributed by atoms with Crippen LogP contribution in [0.3, 0.4) is 0 Å². The van der Waals surface area contributed by atoms with Crippen LogP contribution in [0.4, 0.5) is 11.4 Å². The Bertz CT molecular complexity index is 1720. The summed E-state index contributed by atoms with van der Waals surface area (Å²) in [6.45, 7) is 0.244. The molecule has 0 atom stereocenters. The Morgan fingerprint density at radius 3 is 1.89 bits per heavy atom. The van der Waals surface area contributed by atoms with Gasteiger partial charge in [-0.2, -0.15) is 0 Å². The number of anilines is 2. The minimum absolute atomic E-state index is 0.244. The summed E-state index contributed by atoms with van der Waals surface area (Å²) in [5.41, 5.74) is 9.48. The molecule has 0 aliphatic carbocycles. The van der Waals surface area contributed by atoms with E-state index in [9.17, 15) is 0 Å². The van der Waals surface area contributed by atoms with Crippen molar-refractivity contribution in [2.75, 3.05) is 38.0 Å². The van der Waals surface area contributed by atoms with E-state index in [4.69, 9.17) is 0 Å². The largest absolute Gasteiger partial charge is 0.377 e. The normalized spacial score (nSPS) is 12.5. The molecule has 6 aromatic carbocycles. The van der Waals surface area contributed by atoms with Crippen molar-refractivity contribution in [1.29, 1.82) is 0 Å². The van der Waals surface area contributed by atoms with Gasteiger partial charge in [-0.1, -0.05) is 95.3 Å². The standard InChI is InChI=1S/C32H27BN2/c1-34(2)28-19-29(35(3)4)24-16-17-25-30-20(14-15-23(28)31(24)30)18-26-22-12-8-9-13-27(22)33(32(25)26)21-10-6-5-7-11-21/h5-19H,1-4H3. The molecule has 35 heavy (non-hydrogen) atoms. The van der Waals surface area contributed by atoms with Gasteiger partial charge in [-0.3, -0.25) is 0 Å². The topological polar surface area (TPSA) is 6.48 Å². The van der Waals surface area contributed by atoms with Crippen LogP contribution in [0.15, 0.2) is 91.0 Å². The molecule has 1 heterocycles. The van der Waals surface area contributed by atoms with Gasteiger partial charge in [0.15, 0.2) is 0 Å². The molecular formula is C32H27BN2. The lowest BCUT2D eigenvalue weighted by Gasteiger charge is -2.25. The molecule has 3 heteroatoms. The van der Waals surface area contributed by atoms with Gasteiger partial charge in [0.05, 0.1) is 0 Å². The summed E-state index contributed by atoms with van der Waals surface area (Å²) in [7, 11) is 8.58. The van der Waals surface area contributed by atoms with Crippen LogP contribution < -0.4 is 26.2 Å². The average molecular weight is 450 g/mol. The lowest BCUT2D eigenvalue weighted by atomic mass is 9.38. The molecular weight excluding hydrogens is 423 g/mol. The van der Waals surface area contributed by atoms with Gasteiger partial charge in [-0.05, 0) is 39.4 Å². The minimum atomic E-state index is 0.244. The fraction of sp³-hybridized carbons (Fsp3) is 0.125. The molecule has 0 radical (unpaired) electrons. The van der Waals surface area contributed by atoms with E-state index in [-0.39, 0.29) is 6.71 Å². The maximum Gasteiger partial charge on any atom is 0.243 e. The molecule has 1 aliphatic rings. The van der Waals surface area contributed by atoms with E-state index in [2.05, 4.69) is 129 Å². The van der Waals surface area contributed by atoms with E-state index in [1.165, 1.54) is 71.2 Å². The van der Waals surface area contributed by atoms with Crippen molar-refractivity contribution >= 4 is 66.8 Å². The molecule has 0 spiro atoms. The van der Waals surface area contributed by atoms with Gasteiger partial charge >= 0.3 is 0 Å². The number of fused-ring (bicyclic) bond motifs is 4. The maximum absolute atomic E-state index is 2.44. The molecule has 7 rings (SSSR count). The highest BCUT2D eigenvalue weighted by Crippen LogP contribution is 2.44. The van der Waals surface area contributed by atoms with Gasteiger partial charge in [0.1, 0.15) is 0 Å². The third kappa shape index (κ3) is 2.73. The van der Waals surface area contributed by atoms with Gasteiger partial charge in [0.25, 0.3) is 0 Å². The summed E-state index contributed by atoms with van der Waals surface area (Å²) >= 11 is 0. The smallest absolute Gasteiger partial charge is 0.243 e. The van der Waals surface area contributed by atoms with Crippen molar-refractivity contribution in [3.05, 3.63) is 91.0 Å². The Morgan fingerprint density at radius 1 is 0.543 bits per heavy atom. The van der Waals surface area contributed by atoms with Crippen LogP contribution in [0, 0.1) is 0 Å². The second kappa shape index (κ2) is 7.26. The maximum atomic E-state index is 2.44. The molecule has 0 saturated heterocycles. The highest BCUT2D eigenvalue weighted by molar-refractivity contribution is 7.00. The number of nitrogens with zero attached hydrogens (tertiary/aromatic N) is 2. The van der Waals surface area contributed by atoms with Crippen molar-refractivity contribution in [3.8, 4) is 11.1 Å². The highest BCUT2D eigenvalue weighted by Gasteiger charge is 2.35. The zero-order valence-corrected chi connectivity index (χ0v) is 20.6. The summed E-state index contributed by atoms with van der Waals surface area (Å²) in [6.07, 6.45) is 0. The van der Waals surface area contributed by atoms with Crippen LogP contribution >= 0.6 is 0 Å². The van der Waals surface area contributed by atoms with Crippen molar-refractivity contribution in [3.63, 3.8) is 0 Å². The van der Waals surface area contributed by atoms with Crippen molar-refractivity contribution in [1.82, 2.24) is 0 Å². The summed E-state index contributed by atoms with van der Waals surface area (Å²) in [5.74, 6) is 0. The van der Waals surface area contributed by atoms with Crippen LogP contribution in [-0.2, 0) is 0 Å². The monoisotopic (exact) mass is 450 g/mol. The van der Waals surface area contributed by atoms with E-state index in [0.717, 1.165) is 0 Å². The van der Waals surface area contributed by atoms with E-state index in [1.54, 1.807) is 0 Å². The van der Waals surface area contributed by atoms with Crippen molar-refractivity contribution in [2.24, 2.45) is 0 Å². The van der Waals surface area contributed by atoms with Gasteiger partial charge < -0.3 is 9.80 Å². The zero-order chi connectivity index (χ0) is 23.8. The van der Waals surface area contributed by atoms with Crippen molar-refractivity contribution in [2.45, 2.75) is 0 Å². The molecule has 0 unspecified atom stereocenters. The van der Waals surface area contributed by atoms with E-state index >= 15 is 0 Å². The highest BCUT2D eigenvalue weighted by atomic mass is 15.1. The lowest BCUT2D eigenvalue weighted by Crippen LogP contribution is -2.49. The summed E-state index contributed by atoms with van der Waals surface area (Å²) in [4.78, 5) is 4.48. The first-order chi connectivity index (χ1) is 17.0. The predicted molar refractivity (Wildman–Crippen MR) is 155 cm³/mol. The van der Waals surface area contributed by atoms with Gasteiger partial charge in [0, 0.05) is 55.7 Å². The molecule has 168 valence electrons. The third-order valence-corrected chi connectivity index (χ3v) is 7.85. The predicted octanol–water partition coefficient (Wildman–Crippen LogP) is 5.21. The molecule has 0 fully saturated rings. The second-order valence-electron chi connectivity index (χ2n) is 10.2. The number of hydrogen-bond donors (Lipinski definition) is 0. The van der Waals surface area contributed by atoms with Crippen LogP contribution in [0.2, 0.25) is 0 Å². The Kier molecular flexibility index (Phi) is 4.23. The summed E-state index contributed by atoms with van der Waals surface area (Å²) in [6, 6.07) is 34.1. The number of rotatable bonds is 3. The van der Waals surface area contributed by atoms with Crippen LogP contribution in [-0.4, -0.2) is 34.9 Å². The van der Waals surface area contributed by atoms with E-state index in [1.807, 2.05) is 0 Å². The molecule has 0 N–H and O–H groups in total. The Balaban J connectivity index is 1.67. The SMILES string of the molecule is CN(C)c1cc(N(C)C)c2ccc3c4c(cc5ccc1c2c53)-c1ccccc1B4c1ccccc1. The minimum Gasteiger partial charge on any atom is -0.377 e. The van der Waals surface area contributed by atoms with Crippen LogP contribution in [0.25, 0.3) is 43.4 Å². The first-order valence-electron chi connectivity index (χ1n) is 12.3. The number of hydrogen-bond acceptors (Lipinski definition) is 2. The molecule has 2 nitrogen and oxygen atoms in total. The lowest BCUT2D eigenvalue weighted by molar-refractivity contribution is 1.12. The van der Waals surface area contributed by atoms with Crippen LogP contribution in [0.1, 0.15) is 0 Å². The van der Waals surface area contributed by atoms with Crippen molar-refractivity contribution < 1.29 is 0 Å². The van der Waals surface area contributed by atoms with E-state index in [0.29, 0.717) is 0 Å². The average Bonchev–Trinajstić information content (AvgIpc) is 3.21. The fourth-order valence-corrected chi connectivity index (χ4v) is 6.37. The molecule has 0 amide bonds. The molecule has 1 aliphatic heterocycles. The van der Waals surface area contributed by atoms with Gasteiger partial charge in [0.2, 0.25) is 6.71 Å². The zero-order valence-electron chi connectivity index (χ0n) is 20.6. The first-order valence-corrected chi connectivity index (χ1v) is 12.3. The second-order valence-corrected chi connectivity index (χ2v) is 10.2. The van der Waals surface area contributed by atoms with Gasteiger partial charge in [-0.25, -0.2) is 0 Å². The molecule has 0 aromatic heterocycles. The van der Waals surface area contributed by atoms with Crippen LogP contribution in [0.5, 0.6) is 0 Å². The molecule has 0 bridgehead atoms. The Hall–Kier alpha value is -3.98. The van der Waals surface area contributed by atoms with E-state index < -0.39 is 0 Å². The summed E-state index contributed by atoms with van der Waals surface area (Å²) < 4.78 is 0. The fourth-order valence-electron chi connectivity index (χ4n) is 6.37. The number of benzene rings is 6. The third-order valence-electron chi connectivity index (χ3n) is 7.85. The van der Waals surface area contributed by atoms with Gasteiger partial charge in [-0.15, -0.1) is 0 Å².